The Morgan fingerprint density at radius 2 is 2.00 bits per heavy atom. The largest absolute Gasteiger partial charge is 0.396 e. The number of thiol groups is 1. The van der Waals surface area contributed by atoms with Crippen molar-refractivity contribution in [3.8, 4) is 0 Å². The van der Waals surface area contributed by atoms with Crippen LogP contribution in [0.5, 0.6) is 0 Å². The molecule has 0 radical (unpaired) electrons. The summed E-state index contributed by atoms with van der Waals surface area (Å²) >= 11 is 3.67. The van der Waals surface area contributed by atoms with E-state index in [9.17, 15) is 4.57 Å². The first-order valence-electron chi connectivity index (χ1n) is 2.82. The van der Waals surface area contributed by atoms with E-state index in [0.717, 1.165) is 0 Å². The van der Waals surface area contributed by atoms with Crippen molar-refractivity contribution in [2.24, 2.45) is 0 Å². The van der Waals surface area contributed by atoms with Gasteiger partial charge in [-0.2, -0.15) is 12.6 Å². The Labute approximate surface area is 64.8 Å². The average Bonchev–Trinajstić information content (AvgIpc) is 1.80. The molecule has 0 aliphatic carbocycles. The highest BCUT2D eigenvalue weighted by Gasteiger charge is 2.23. The van der Waals surface area contributed by atoms with Gasteiger partial charge in [-0.1, -0.05) is 0 Å². The molecule has 0 aromatic heterocycles. The molecule has 1 unspecified atom stereocenters. The summed E-state index contributed by atoms with van der Waals surface area (Å²) in [6.07, 6.45) is 0.614. The molecule has 0 aromatic rings. The second-order valence-corrected chi connectivity index (χ2v) is 4.77. The van der Waals surface area contributed by atoms with Crippen LogP contribution in [-0.4, -0.2) is 26.5 Å². The van der Waals surface area contributed by atoms with Gasteiger partial charge in [0.25, 0.3) is 0 Å². The molecule has 0 heterocycles. The Morgan fingerprint density at radius 3 is 2.30 bits per heavy atom. The molecule has 0 saturated carbocycles. The zero-order valence-corrected chi connectivity index (χ0v) is 7.13. The molecule has 10 heavy (non-hydrogen) atoms. The molecule has 6 heteroatoms. The lowest BCUT2D eigenvalue weighted by molar-refractivity contribution is 0.284. The van der Waals surface area contributed by atoms with Crippen molar-refractivity contribution in [3.05, 3.63) is 0 Å². The van der Waals surface area contributed by atoms with Gasteiger partial charge >= 0.3 is 7.60 Å². The Kier molecular flexibility index (Phi) is 4.56. The van der Waals surface area contributed by atoms with E-state index in [4.69, 9.17) is 14.9 Å². The van der Waals surface area contributed by atoms with E-state index in [1.165, 1.54) is 0 Å². The normalized spacial score (nSPS) is 15.2. The van der Waals surface area contributed by atoms with E-state index in [2.05, 4.69) is 12.6 Å². The minimum atomic E-state index is -4.03. The number of rotatable bonds is 4. The fourth-order valence-corrected chi connectivity index (χ4v) is 1.14. The molecule has 0 fully saturated rings. The molecule has 0 spiro atoms. The van der Waals surface area contributed by atoms with E-state index >= 15 is 0 Å². The number of hydrogen-bond donors (Lipinski definition) is 4. The summed E-state index contributed by atoms with van der Waals surface area (Å²) < 4.78 is 10.4. The third-order valence-corrected chi connectivity index (χ3v) is 3.20. The van der Waals surface area contributed by atoms with Gasteiger partial charge in [-0.3, -0.25) is 4.57 Å². The number of aliphatic hydroxyl groups is 1. The fraction of sp³-hybridized carbons (Fsp3) is 1.00. The van der Waals surface area contributed by atoms with E-state index in [-0.39, 0.29) is 13.0 Å². The third kappa shape index (κ3) is 4.30. The predicted octanol–water partition coefficient (Wildman–Crippen LogP) is 0.193. The smallest absolute Gasteiger partial charge is 0.338 e. The topological polar surface area (TPSA) is 77.8 Å². The highest BCUT2D eigenvalue weighted by atomic mass is 32.1. The zero-order valence-electron chi connectivity index (χ0n) is 5.34. The lowest BCUT2D eigenvalue weighted by Crippen LogP contribution is -2.00. The summed E-state index contributed by atoms with van der Waals surface area (Å²) in [4.78, 5) is 16.0. The van der Waals surface area contributed by atoms with E-state index in [0.29, 0.717) is 6.42 Å². The van der Waals surface area contributed by atoms with E-state index in [1.54, 1.807) is 0 Å². The van der Waals surface area contributed by atoms with Gasteiger partial charge in [0.2, 0.25) is 0 Å². The van der Waals surface area contributed by atoms with Crippen molar-refractivity contribution in [1.82, 2.24) is 0 Å². The molecule has 0 bridgehead atoms. The molecular formula is C4H11O4PS. The van der Waals surface area contributed by atoms with Crippen molar-refractivity contribution in [2.75, 3.05) is 6.61 Å². The summed E-state index contributed by atoms with van der Waals surface area (Å²) in [5.74, 6) is 0. The maximum absolute atomic E-state index is 10.4. The van der Waals surface area contributed by atoms with Crippen molar-refractivity contribution in [1.29, 1.82) is 0 Å². The molecule has 0 aromatic carbocycles. The van der Waals surface area contributed by atoms with Gasteiger partial charge < -0.3 is 14.9 Å². The van der Waals surface area contributed by atoms with Crippen LogP contribution in [0.1, 0.15) is 12.8 Å². The highest BCUT2D eigenvalue weighted by Crippen LogP contribution is 2.45. The molecule has 62 valence electrons. The van der Waals surface area contributed by atoms with Crippen LogP contribution in [-0.2, 0) is 4.57 Å². The number of aliphatic hydroxyl groups excluding tert-OH is 1. The van der Waals surface area contributed by atoms with Crippen LogP contribution in [0, 0.1) is 0 Å². The SMILES string of the molecule is O=P(O)(O)C(S)CCCO. The van der Waals surface area contributed by atoms with E-state index < -0.39 is 12.6 Å². The minimum Gasteiger partial charge on any atom is -0.396 e. The van der Waals surface area contributed by atoms with Gasteiger partial charge in [-0.25, -0.2) is 0 Å². The van der Waals surface area contributed by atoms with Crippen LogP contribution >= 0.6 is 20.2 Å². The van der Waals surface area contributed by atoms with Gasteiger partial charge in [0.1, 0.15) is 4.99 Å². The minimum absolute atomic E-state index is 0.0585. The molecule has 0 amide bonds. The van der Waals surface area contributed by atoms with Crippen LogP contribution < -0.4 is 0 Å². The Hall–Kier alpha value is 0.460. The third-order valence-electron chi connectivity index (χ3n) is 1.01. The predicted molar refractivity (Wildman–Crippen MR) is 41.1 cm³/mol. The summed E-state index contributed by atoms with van der Waals surface area (Å²) in [5, 5.41) is 8.29. The van der Waals surface area contributed by atoms with Crippen molar-refractivity contribution in [2.45, 2.75) is 17.8 Å². The van der Waals surface area contributed by atoms with Gasteiger partial charge in [-0.15, -0.1) is 0 Å². The Bertz CT molecular complexity index is 133. The molecule has 0 rings (SSSR count). The maximum Gasteiger partial charge on any atom is 0.338 e. The Morgan fingerprint density at radius 1 is 1.50 bits per heavy atom. The Balaban J connectivity index is 3.63. The monoisotopic (exact) mass is 186 g/mol. The zero-order chi connectivity index (χ0) is 8.20. The average molecular weight is 186 g/mol. The van der Waals surface area contributed by atoms with Crippen LogP contribution in [0.3, 0.4) is 0 Å². The quantitative estimate of drug-likeness (QED) is 0.373. The van der Waals surface area contributed by atoms with E-state index in [1.807, 2.05) is 0 Å². The molecule has 1 atom stereocenters. The molecule has 0 aliphatic heterocycles. The van der Waals surface area contributed by atoms with Crippen molar-refractivity contribution >= 4 is 20.2 Å². The first-order chi connectivity index (χ1) is 4.48. The van der Waals surface area contributed by atoms with Gasteiger partial charge in [-0.05, 0) is 12.8 Å². The molecular weight excluding hydrogens is 175 g/mol. The summed E-state index contributed by atoms with van der Waals surface area (Å²) in [7, 11) is -4.03. The van der Waals surface area contributed by atoms with Crippen LogP contribution in [0.25, 0.3) is 0 Å². The molecule has 0 saturated heterocycles. The van der Waals surface area contributed by atoms with Crippen molar-refractivity contribution < 1.29 is 19.5 Å². The fourth-order valence-electron chi connectivity index (χ4n) is 0.442. The van der Waals surface area contributed by atoms with Crippen LogP contribution in [0.2, 0.25) is 0 Å². The van der Waals surface area contributed by atoms with Crippen LogP contribution in [0.15, 0.2) is 0 Å². The summed E-state index contributed by atoms with van der Waals surface area (Å²) in [5.41, 5.74) is 0. The summed E-state index contributed by atoms with van der Waals surface area (Å²) in [6, 6.07) is 0. The standard InChI is InChI=1S/C4H11O4PS/c5-3-1-2-4(10)9(6,7)8/h4-5,10H,1-3H2,(H2,6,7,8). The van der Waals surface area contributed by atoms with Crippen LogP contribution in [0.4, 0.5) is 0 Å². The number of hydrogen-bond acceptors (Lipinski definition) is 3. The highest BCUT2D eigenvalue weighted by molar-refractivity contribution is 7.89. The lowest BCUT2D eigenvalue weighted by atomic mass is 10.4. The first-order valence-corrected chi connectivity index (χ1v) is 5.02. The van der Waals surface area contributed by atoms with Gasteiger partial charge in [0.15, 0.2) is 0 Å². The molecule has 0 aliphatic rings. The second kappa shape index (κ2) is 4.36. The van der Waals surface area contributed by atoms with Gasteiger partial charge in [0.05, 0.1) is 0 Å². The first kappa shape index (κ1) is 10.5. The molecule has 4 nitrogen and oxygen atoms in total. The lowest BCUT2D eigenvalue weighted by Gasteiger charge is -2.10. The molecule has 3 N–H and O–H groups in total. The maximum atomic E-state index is 10.4. The van der Waals surface area contributed by atoms with Gasteiger partial charge in [0, 0.05) is 6.61 Å². The summed E-state index contributed by atoms with van der Waals surface area (Å²) in [6.45, 7) is -0.0585. The second-order valence-electron chi connectivity index (χ2n) is 1.94. The van der Waals surface area contributed by atoms with Crippen molar-refractivity contribution in [3.63, 3.8) is 0 Å².